The SMILES string of the molecule is N#Cc1ccc(/C=C(\F)[B-](F)(F)F)cc1.[K+]. The second-order valence-corrected chi connectivity index (χ2v) is 2.84. The van der Waals surface area contributed by atoms with E-state index in [1.807, 2.05) is 0 Å². The second-order valence-electron chi connectivity index (χ2n) is 2.84. The van der Waals surface area contributed by atoms with E-state index >= 15 is 0 Å². The molecule has 0 aliphatic heterocycles. The average molecular weight is 253 g/mol. The summed E-state index contributed by atoms with van der Waals surface area (Å²) in [7, 11) is 0. The van der Waals surface area contributed by atoms with Crippen molar-refractivity contribution in [3.63, 3.8) is 0 Å². The van der Waals surface area contributed by atoms with Crippen LogP contribution >= 0.6 is 0 Å². The monoisotopic (exact) mass is 253 g/mol. The third-order valence-corrected chi connectivity index (χ3v) is 1.66. The number of nitriles is 1. The minimum Gasteiger partial charge on any atom is -0.443 e. The second kappa shape index (κ2) is 6.57. The average Bonchev–Trinajstić information content (AvgIpc) is 2.17. The molecule has 0 aromatic heterocycles. The van der Waals surface area contributed by atoms with Gasteiger partial charge in [0.25, 0.3) is 0 Å². The largest absolute Gasteiger partial charge is 1.00 e. The first kappa shape index (κ1) is 15.9. The first-order valence-corrected chi connectivity index (χ1v) is 4.00. The third-order valence-electron chi connectivity index (χ3n) is 1.66. The molecule has 0 atom stereocenters. The zero-order chi connectivity index (χ0) is 11.5. The summed E-state index contributed by atoms with van der Waals surface area (Å²) in [6.45, 7) is -5.58. The number of nitrogens with zero attached hydrogens (tertiary/aromatic N) is 1. The van der Waals surface area contributed by atoms with Crippen molar-refractivity contribution in [2.45, 2.75) is 0 Å². The molecule has 1 aromatic rings. The Morgan fingerprint density at radius 3 is 2.06 bits per heavy atom. The van der Waals surface area contributed by atoms with Crippen LogP contribution in [0.5, 0.6) is 0 Å². The van der Waals surface area contributed by atoms with Gasteiger partial charge in [-0.1, -0.05) is 18.2 Å². The molecule has 0 N–H and O–H groups in total. The fourth-order valence-electron chi connectivity index (χ4n) is 0.908. The fraction of sp³-hybridized carbons (Fsp3) is 0. The summed E-state index contributed by atoms with van der Waals surface area (Å²) in [6, 6.07) is 6.95. The maximum Gasteiger partial charge on any atom is 1.00 e. The van der Waals surface area contributed by atoms with Crippen LogP contribution in [0.15, 0.2) is 30.0 Å². The van der Waals surface area contributed by atoms with Crippen LogP contribution in [0.4, 0.5) is 17.3 Å². The van der Waals surface area contributed by atoms with E-state index in [0.717, 1.165) is 0 Å². The van der Waals surface area contributed by atoms with E-state index in [4.69, 9.17) is 5.26 Å². The summed E-state index contributed by atoms with van der Waals surface area (Å²) >= 11 is 0. The molecule has 0 saturated carbocycles. The van der Waals surface area contributed by atoms with Crippen LogP contribution in [-0.4, -0.2) is 6.98 Å². The van der Waals surface area contributed by atoms with Crippen LogP contribution in [0.3, 0.4) is 0 Å². The molecule has 78 valence electrons. The van der Waals surface area contributed by atoms with Crippen LogP contribution < -0.4 is 51.4 Å². The summed E-state index contributed by atoms with van der Waals surface area (Å²) < 4.78 is 48.0. The zero-order valence-corrected chi connectivity index (χ0v) is 11.5. The van der Waals surface area contributed by atoms with E-state index in [0.29, 0.717) is 11.6 Å². The minimum absolute atomic E-state index is 0. The maximum atomic E-state index is 12.5. The van der Waals surface area contributed by atoms with Crippen LogP contribution in [-0.2, 0) is 0 Å². The number of hydrogen-bond acceptors (Lipinski definition) is 1. The van der Waals surface area contributed by atoms with Crippen molar-refractivity contribution in [1.29, 1.82) is 5.26 Å². The van der Waals surface area contributed by atoms with E-state index in [1.165, 1.54) is 24.3 Å². The van der Waals surface area contributed by atoms with E-state index in [9.17, 15) is 17.3 Å². The Bertz CT molecular complexity index is 419. The Labute approximate surface area is 133 Å². The molecule has 0 fully saturated rings. The van der Waals surface area contributed by atoms with Crippen molar-refractivity contribution >= 4 is 13.1 Å². The first-order chi connectivity index (χ1) is 6.93. The standard InChI is InChI=1S/C9H5BF4N.K/c11-9(10(12,13)14)5-7-1-3-8(6-15)4-2-7;/h1-5H;/q-1;+1/b9-5-;. The molecule has 0 spiro atoms. The first-order valence-electron chi connectivity index (χ1n) is 4.00. The molecule has 0 radical (unpaired) electrons. The number of rotatable bonds is 2. The summed E-state index contributed by atoms with van der Waals surface area (Å²) in [5.74, 6) is 0. The van der Waals surface area contributed by atoms with Gasteiger partial charge in [0.05, 0.1) is 11.6 Å². The summed E-state index contributed by atoms with van der Waals surface area (Å²) in [6.07, 6.45) is 0.404. The number of hydrogen-bond donors (Lipinski definition) is 0. The molecule has 1 nitrogen and oxygen atoms in total. The molecule has 0 saturated heterocycles. The van der Waals surface area contributed by atoms with Crippen LogP contribution in [0.2, 0.25) is 0 Å². The van der Waals surface area contributed by atoms with Gasteiger partial charge in [-0.25, -0.2) is 4.39 Å². The molecule has 7 heteroatoms. The van der Waals surface area contributed by atoms with E-state index in [1.54, 1.807) is 6.07 Å². The molecule has 0 heterocycles. The van der Waals surface area contributed by atoms with Gasteiger partial charge in [0, 0.05) is 5.73 Å². The van der Waals surface area contributed by atoms with Gasteiger partial charge in [-0.3, -0.25) is 0 Å². The Hall–Kier alpha value is -0.129. The van der Waals surface area contributed by atoms with Crippen molar-refractivity contribution < 1.29 is 68.7 Å². The summed E-state index contributed by atoms with van der Waals surface area (Å²) in [5.41, 5.74) is -1.71. The molecular weight excluding hydrogens is 248 g/mol. The summed E-state index contributed by atoms with van der Waals surface area (Å²) in [5, 5.41) is 8.42. The fourth-order valence-corrected chi connectivity index (χ4v) is 0.908. The minimum atomic E-state index is -5.58. The van der Waals surface area contributed by atoms with Crippen molar-refractivity contribution in [3.05, 3.63) is 41.1 Å². The quantitative estimate of drug-likeness (QED) is 0.548. The van der Waals surface area contributed by atoms with Crippen molar-refractivity contribution in [3.8, 4) is 6.07 Å². The molecule has 0 aliphatic rings. The van der Waals surface area contributed by atoms with Gasteiger partial charge in [0.1, 0.15) is 0 Å². The van der Waals surface area contributed by atoms with Gasteiger partial charge < -0.3 is 12.9 Å². The predicted octanol–water partition coefficient (Wildman–Crippen LogP) is 0.259. The van der Waals surface area contributed by atoms with Crippen molar-refractivity contribution in [1.82, 2.24) is 0 Å². The molecule has 16 heavy (non-hydrogen) atoms. The van der Waals surface area contributed by atoms with Gasteiger partial charge in [-0.2, -0.15) is 5.26 Å². The van der Waals surface area contributed by atoms with E-state index in [-0.39, 0.29) is 56.9 Å². The van der Waals surface area contributed by atoms with Crippen LogP contribution in [0.25, 0.3) is 6.08 Å². The van der Waals surface area contributed by atoms with E-state index < -0.39 is 12.7 Å². The molecular formula is C9H5BF4KN. The van der Waals surface area contributed by atoms with Gasteiger partial charge in [0.15, 0.2) is 0 Å². The van der Waals surface area contributed by atoms with Crippen molar-refractivity contribution in [2.24, 2.45) is 0 Å². The Morgan fingerprint density at radius 2 is 1.69 bits per heavy atom. The number of halogens is 4. The Kier molecular flexibility index (Phi) is 6.52. The molecule has 0 amide bonds. The van der Waals surface area contributed by atoms with Gasteiger partial charge in [-0.05, 0) is 17.7 Å². The van der Waals surface area contributed by atoms with Crippen LogP contribution in [0.1, 0.15) is 11.1 Å². The topological polar surface area (TPSA) is 23.8 Å². The molecule has 0 unspecified atom stereocenters. The smallest absolute Gasteiger partial charge is 0.443 e. The van der Waals surface area contributed by atoms with Gasteiger partial charge >= 0.3 is 58.4 Å². The number of benzene rings is 1. The molecule has 0 bridgehead atoms. The molecule has 1 aromatic carbocycles. The summed E-state index contributed by atoms with van der Waals surface area (Å²) in [4.78, 5) is 0. The zero-order valence-electron chi connectivity index (χ0n) is 8.42. The van der Waals surface area contributed by atoms with E-state index in [2.05, 4.69) is 0 Å². The maximum absolute atomic E-state index is 12.5. The normalized spacial score (nSPS) is 11.6. The molecule has 0 aliphatic carbocycles. The van der Waals surface area contributed by atoms with Crippen LogP contribution in [0, 0.1) is 11.3 Å². The van der Waals surface area contributed by atoms with Gasteiger partial charge in [0.2, 0.25) is 0 Å². The Morgan fingerprint density at radius 1 is 1.19 bits per heavy atom. The van der Waals surface area contributed by atoms with Crippen molar-refractivity contribution in [2.75, 3.05) is 0 Å². The predicted molar refractivity (Wildman–Crippen MR) is 49.3 cm³/mol. The van der Waals surface area contributed by atoms with Gasteiger partial charge in [-0.15, -0.1) is 0 Å². The molecule has 1 rings (SSSR count). The third kappa shape index (κ3) is 4.80. The Balaban J connectivity index is 0.00000225.